The van der Waals surface area contributed by atoms with Crippen molar-refractivity contribution in [3.05, 3.63) is 71.4 Å². The molecule has 1 aliphatic heterocycles. The number of aryl methyl sites for hydroxylation is 1. The number of fused-ring (bicyclic) bond motifs is 1. The molecule has 0 atom stereocenters. The van der Waals surface area contributed by atoms with Gasteiger partial charge < -0.3 is 15.4 Å². The average molecular weight is 512 g/mol. The minimum Gasteiger partial charge on any atom is -0.474 e. The van der Waals surface area contributed by atoms with Crippen molar-refractivity contribution < 1.29 is 4.74 Å². The summed E-state index contributed by atoms with van der Waals surface area (Å²) in [7, 11) is 1.89. The molecular formula is C27H29N9O2. The van der Waals surface area contributed by atoms with Crippen molar-refractivity contribution in [2.45, 2.75) is 32.4 Å². The van der Waals surface area contributed by atoms with Gasteiger partial charge in [0, 0.05) is 43.3 Å². The lowest BCUT2D eigenvalue weighted by molar-refractivity contribution is 0.156. The van der Waals surface area contributed by atoms with E-state index in [2.05, 4.69) is 20.7 Å². The van der Waals surface area contributed by atoms with E-state index in [-0.39, 0.29) is 11.7 Å². The van der Waals surface area contributed by atoms with Crippen LogP contribution in [0.3, 0.4) is 0 Å². The molecule has 0 saturated carbocycles. The predicted molar refractivity (Wildman–Crippen MR) is 145 cm³/mol. The highest BCUT2D eigenvalue weighted by molar-refractivity contribution is 5.77. The maximum absolute atomic E-state index is 13.2. The third-order valence-corrected chi connectivity index (χ3v) is 6.65. The molecule has 6 rings (SSSR count). The highest BCUT2D eigenvalue weighted by Crippen LogP contribution is 2.23. The molecule has 0 radical (unpaired) electrons. The molecule has 5 aromatic rings. The zero-order valence-electron chi connectivity index (χ0n) is 21.3. The number of nitrogens with zero attached hydrogens (tertiary/aromatic N) is 7. The molecule has 5 heterocycles. The van der Waals surface area contributed by atoms with E-state index in [1.807, 2.05) is 68.8 Å². The number of piperidine rings is 1. The Bertz CT molecular complexity index is 1630. The molecule has 1 fully saturated rings. The monoisotopic (exact) mass is 511 g/mol. The lowest BCUT2D eigenvalue weighted by atomic mass is 10.1. The van der Waals surface area contributed by atoms with Gasteiger partial charge in [-0.15, -0.1) is 0 Å². The molecule has 4 aromatic heterocycles. The molecule has 1 aromatic carbocycles. The lowest BCUT2D eigenvalue weighted by Crippen LogP contribution is -2.34. The summed E-state index contributed by atoms with van der Waals surface area (Å²) >= 11 is 0. The van der Waals surface area contributed by atoms with Crippen molar-refractivity contribution in [1.29, 1.82) is 0 Å². The Morgan fingerprint density at radius 3 is 2.61 bits per heavy atom. The number of rotatable bonds is 7. The maximum Gasteiger partial charge on any atom is 0.278 e. The van der Waals surface area contributed by atoms with Gasteiger partial charge in [-0.2, -0.15) is 15.1 Å². The number of hydrogen-bond acceptors (Lipinski definition) is 8. The fourth-order valence-electron chi connectivity index (χ4n) is 4.72. The van der Waals surface area contributed by atoms with Crippen LogP contribution in [0.5, 0.6) is 5.88 Å². The third-order valence-electron chi connectivity index (χ3n) is 6.65. The summed E-state index contributed by atoms with van der Waals surface area (Å²) in [5.74, 6) is 1.49. The van der Waals surface area contributed by atoms with Gasteiger partial charge in [-0.05, 0) is 56.6 Å². The molecule has 0 unspecified atom stereocenters. The van der Waals surface area contributed by atoms with Crippen LogP contribution in [0.2, 0.25) is 0 Å². The van der Waals surface area contributed by atoms with Crippen LogP contribution in [0.15, 0.2) is 65.8 Å². The Kier molecular flexibility index (Phi) is 6.34. The summed E-state index contributed by atoms with van der Waals surface area (Å²) in [4.78, 5) is 27.0. The summed E-state index contributed by atoms with van der Waals surface area (Å²) in [6, 6.07) is 13.5. The van der Waals surface area contributed by atoms with Crippen LogP contribution in [0.25, 0.3) is 28.0 Å². The largest absolute Gasteiger partial charge is 0.474 e. The van der Waals surface area contributed by atoms with Crippen LogP contribution in [-0.2, 0) is 13.6 Å². The normalized spacial score (nSPS) is 14.2. The highest BCUT2D eigenvalue weighted by atomic mass is 16.5. The van der Waals surface area contributed by atoms with Crippen LogP contribution in [-0.4, -0.2) is 53.3 Å². The molecule has 1 saturated heterocycles. The zero-order chi connectivity index (χ0) is 26.1. The Hall–Kier alpha value is -4.51. The molecule has 11 heteroatoms. The SMILES string of the molecule is CCn1c(=O)c2cnc(Nc3ccc(-c4cnn(C)c4)cc3)nc2n1-c1cccc(OC2CCNCC2)n1. The van der Waals surface area contributed by atoms with Gasteiger partial charge in [-0.3, -0.25) is 9.48 Å². The van der Waals surface area contributed by atoms with E-state index < -0.39 is 0 Å². The number of ether oxygens (including phenoxy) is 1. The van der Waals surface area contributed by atoms with Crippen molar-refractivity contribution in [2.24, 2.45) is 7.05 Å². The van der Waals surface area contributed by atoms with E-state index in [9.17, 15) is 4.79 Å². The van der Waals surface area contributed by atoms with E-state index >= 15 is 0 Å². The van der Waals surface area contributed by atoms with E-state index in [0.717, 1.165) is 42.7 Å². The standard InChI is InChI=1S/C27H29N9O2/c1-3-35-26(37)22-16-29-27(31-20-9-7-18(8-10-20)19-15-30-34(2)17-19)33-25(22)36(35)23-5-4-6-24(32-23)38-21-11-13-28-14-12-21/h4-10,15-17,21,28H,3,11-14H2,1-2H3,(H,29,31,33). The second kappa shape index (κ2) is 10.1. The summed E-state index contributed by atoms with van der Waals surface area (Å²) < 4.78 is 11.3. The van der Waals surface area contributed by atoms with Crippen molar-refractivity contribution >= 4 is 22.7 Å². The third kappa shape index (κ3) is 4.63. The minimum atomic E-state index is -0.165. The summed E-state index contributed by atoms with van der Waals surface area (Å²) in [5, 5.41) is 11.3. The smallest absolute Gasteiger partial charge is 0.278 e. The molecular weight excluding hydrogens is 482 g/mol. The second-order valence-electron chi connectivity index (χ2n) is 9.27. The molecule has 1 aliphatic rings. The maximum atomic E-state index is 13.2. The van der Waals surface area contributed by atoms with Crippen molar-refractivity contribution in [1.82, 2.24) is 39.4 Å². The first-order valence-electron chi connectivity index (χ1n) is 12.8. The van der Waals surface area contributed by atoms with Gasteiger partial charge in [0.2, 0.25) is 11.8 Å². The zero-order valence-corrected chi connectivity index (χ0v) is 21.3. The Morgan fingerprint density at radius 1 is 1.05 bits per heavy atom. The molecule has 0 bridgehead atoms. The molecule has 0 spiro atoms. The summed E-state index contributed by atoms with van der Waals surface area (Å²) in [6.45, 7) is 4.24. The second-order valence-corrected chi connectivity index (χ2v) is 9.27. The molecule has 194 valence electrons. The van der Waals surface area contributed by atoms with Gasteiger partial charge in [-0.1, -0.05) is 18.2 Å². The van der Waals surface area contributed by atoms with Crippen LogP contribution >= 0.6 is 0 Å². The first-order chi connectivity index (χ1) is 18.6. The first kappa shape index (κ1) is 23.9. The first-order valence-corrected chi connectivity index (χ1v) is 12.8. The van der Waals surface area contributed by atoms with Gasteiger partial charge in [-0.25, -0.2) is 14.3 Å². The van der Waals surface area contributed by atoms with E-state index in [4.69, 9.17) is 14.7 Å². The summed E-state index contributed by atoms with van der Waals surface area (Å²) in [5.41, 5.74) is 3.25. The Morgan fingerprint density at radius 2 is 1.87 bits per heavy atom. The van der Waals surface area contributed by atoms with E-state index in [0.29, 0.717) is 35.2 Å². The molecule has 38 heavy (non-hydrogen) atoms. The van der Waals surface area contributed by atoms with Gasteiger partial charge in [0.25, 0.3) is 5.56 Å². The molecule has 2 N–H and O–H groups in total. The van der Waals surface area contributed by atoms with Crippen molar-refractivity contribution in [3.8, 4) is 22.8 Å². The fourth-order valence-corrected chi connectivity index (χ4v) is 4.72. The number of nitrogens with one attached hydrogen (secondary N) is 2. The average Bonchev–Trinajstić information content (AvgIpc) is 3.50. The lowest BCUT2D eigenvalue weighted by Gasteiger charge is -2.23. The number of anilines is 2. The van der Waals surface area contributed by atoms with Crippen molar-refractivity contribution in [2.75, 3.05) is 18.4 Å². The number of hydrogen-bond donors (Lipinski definition) is 2. The Balaban J connectivity index is 1.32. The van der Waals surface area contributed by atoms with Gasteiger partial charge >= 0.3 is 0 Å². The summed E-state index contributed by atoms with van der Waals surface area (Å²) in [6.07, 6.45) is 7.36. The van der Waals surface area contributed by atoms with Crippen LogP contribution in [0.1, 0.15) is 19.8 Å². The molecule has 11 nitrogen and oxygen atoms in total. The van der Waals surface area contributed by atoms with Crippen LogP contribution in [0.4, 0.5) is 11.6 Å². The quantitative estimate of drug-likeness (QED) is 0.342. The van der Waals surface area contributed by atoms with Gasteiger partial charge in [0.1, 0.15) is 11.5 Å². The Labute approximate surface area is 219 Å². The number of pyridine rings is 1. The predicted octanol–water partition coefficient (Wildman–Crippen LogP) is 3.27. The van der Waals surface area contributed by atoms with Crippen LogP contribution < -0.4 is 20.9 Å². The van der Waals surface area contributed by atoms with E-state index in [1.165, 1.54) is 0 Å². The van der Waals surface area contributed by atoms with Crippen LogP contribution in [0, 0.1) is 0 Å². The highest BCUT2D eigenvalue weighted by Gasteiger charge is 2.19. The molecule has 0 aliphatic carbocycles. The number of aromatic nitrogens is 7. The van der Waals surface area contributed by atoms with Gasteiger partial charge in [0.15, 0.2) is 11.5 Å². The van der Waals surface area contributed by atoms with E-state index in [1.54, 1.807) is 20.2 Å². The molecule has 0 amide bonds. The topological polar surface area (TPSA) is 117 Å². The number of benzene rings is 1. The van der Waals surface area contributed by atoms with Crippen molar-refractivity contribution in [3.63, 3.8) is 0 Å². The fraction of sp³-hybridized carbons (Fsp3) is 0.296. The minimum absolute atomic E-state index is 0.122. The van der Waals surface area contributed by atoms with Gasteiger partial charge in [0.05, 0.1) is 6.20 Å².